The Morgan fingerprint density at radius 3 is 3.18 bits per heavy atom. The number of nitrogens with one attached hydrogen (secondary N) is 1. The van der Waals surface area contributed by atoms with Crippen LogP contribution in [0.1, 0.15) is 36.3 Å². The van der Waals surface area contributed by atoms with Crippen molar-refractivity contribution < 1.29 is 0 Å². The molecule has 0 spiro atoms. The molecule has 4 rings (SSSR count). The summed E-state index contributed by atoms with van der Waals surface area (Å²) >= 11 is 0. The van der Waals surface area contributed by atoms with Crippen LogP contribution < -0.4 is 10.2 Å². The molecule has 2 heteroatoms. The molecule has 2 nitrogen and oxygen atoms in total. The van der Waals surface area contributed by atoms with E-state index in [2.05, 4.69) is 28.4 Å². The molecule has 0 bridgehead atoms. The van der Waals surface area contributed by atoms with Gasteiger partial charge in [-0.15, -0.1) is 0 Å². The number of fused-ring (bicyclic) bond motifs is 3. The van der Waals surface area contributed by atoms with E-state index >= 15 is 0 Å². The smallest absolute Gasteiger partial charge is 0.0438 e. The monoisotopic (exact) mass is 228 g/mol. The van der Waals surface area contributed by atoms with Gasteiger partial charge in [0.25, 0.3) is 0 Å². The maximum Gasteiger partial charge on any atom is 0.0438 e. The van der Waals surface area contributed by atoms with E-state index in [1.165, 1.54) is 32.2 Å². The van der Waals surface area contributed by atoms with Gasteiger partial charge in [0.05, 0.1) is 0 Å². The maximum atomic E-state index is 3.55. The molecule has 0 unspecified atom stereocenters. The molecule has 0 radical (unpaired) electrons. The molecule has 90 valence electrons. The summed E-state index contributed by atoms with van der Waals surface area (Å²) in [4.78, 5) is 2.72. The van der Waals surface area contributed by atoms with Crippen molar-refractivity contribution in [2.75, 3.05) is 24.5 Å². The second kappa shape index (κ2) is 3.74. The Morgan fingerprint density at radius 1 is 1.18 bits per heavy atom. The van der Waals surface area contributed by atoms with E-state index < -0.39 is 0 Å². The average Bonchev–Trinajstić information content (AvgIpc) is 2.87. The summed E-state index contributed by atoms with van der Waals surface area (Å²) in [7, 11) is 0. The van der Waals surface area contributed by atoms with E-state index in [1.807, 2.05) is 0 Å². The van der Waals surface area contributed by atoms with E-state index in [4.69, 9.17) is 0 Å². The number of hydrogen-bond donors (Lipinski definition) is 1. The maximum absolute atomic E-state index is 3.55. The molecule has 2 aliphatic heterocycles. The quantitative estimate of drug-likeness (QED) is 0.733. The van der Waals surface area contributed by atoms with Crippen LogP contribution in [0.2, 0.25) is 0 Å². The molecule has 2 atom stereocenters. The van der Waals surface area contributed by atoms with Crippen LogP contribution in [0.5, 0.6) is 0 Å². The minimum Gasteiger partial charge on any atom is -0.366 e. The first-order chi connectivity index (χ1) is 8.45. The van der Waals surface area contributed by atoms with Crippen molar-refractivity contribution in [2.24, 2.45) is 0 Å². The summed E-state index contributed by atoms with van der Waals surface area (Å²) in [5.41, 5.74) is 4.85. The molecule has 0 amide bonds. The summed E-state index contributed by atoms with van der Waals surface area (Å²) in [6.45, 7) is 3.49. The van der Waals surface area contributed by atoms with E-state index in [0.717, 1.165) is 25.0 Å². The first kappa shape index (κ1) is 9.95. The molecule has 1 aromatic carbocycles. The average molecular weight is 228 g/mol. The fraction of sp³-hybridized carbons (Fsp3) is 0.600. The second-order valence-electron chi connectivity index (χ2n) is 5.65. The number of hydrogen-bond acceptors (Lipinski definition) is 2. The van der Waals surface area contributed by atoms with Crippen LogP contribution in [0.4, 0.5) is 5.69 Å². The highest BCUT2D eigenvalue weighted by molar-refractivity contribution is 5.67. The highest BCUT2D eigenvalue weighted by Gasteiger charge is 2.42. The molecular formula is C15H20N2. The Labute approximate surface area is 103 Å². The lowest BCUT2D eigenvalue weighted by Crippen LogP contribution is -2.39. The standard InChI is InChI=1S/C15H20N2/c1-3-11-7-8-16-9-10-17-14-6-2-4-12(14)13(5-1)15(11)17/h1,3,5,12,14,16H,2,4,6-10H2/t12-,14-/m1/s1. The minimum absolute atomic E-state index is 0.811. The van der Waals surface area contributed by atoms with Gasteiger partial charge < -0.3 is 10.2 Å². The van der Waals surface area contributed by atoms with Gasteiger partial charge in [0.1, 0.15) is 0 Å². The number of nitrogens with zero attached hydrogens (tertiary/aromatic N) is 1. The molecule has 17 heavy (non-hydrogen) atoms. The molecule has 1 aliphatic carbocycles. The Morgan fingerprint density at radius 2 is 2.18 bits per heavy atom. The van der Waals surface area contributed by atoms with E-state index in [1.54, 1.807) is 16.8 Å². The lowest BCUT2D eigenvalue weighted by atomic mass is 9.95. The highest BCUT2D eigenvalue weighted by Crippen LogP contribution is 2.50. The van der Waals surface area contributed by atoms with Crippen LogP contribution in [-0.2, 0) is 6.42 Å². The third-order valence-corrected chi connectivity index (χ3v) is 4.82. The van der Waals surface area contributed by atoms with Crippen molar-refractivity contribution in [3.63, 3.8) is 0 Å². The summed E-state index contributed by atoms with van der Waals surface area (Å²) in [5.74, 6) is 0.836. The van der Waals surface area contributed by atoms with Crippen LogP contribution >= 0.6 is 0 Å². The van der Waals surface area contributed by atoms with Crippen molar-refractivity contribution in [3.05, 3.63) is 29.3 Å². The summed E-state index contributed by atoms with van der Waals surface area (Å²) in [6, 6.07) is 7.80. The van der Waals surface area contributed by atoms with Gasteiger partial charge in [-0.3, -0.25) is 0 Å². The van der Waals surface area contributed by atoms with Gasteiger partial charge >= 0.3 is 0 Å². The SMILES string of the molecule is c1cc2c3c(c1)[C@H]1CCC[C@H]1N3CCNCC2. The van der Waals surface area contributed by atoms with Crippen molar-refractivity contribution in [3.8, 4) is 0 Å². The minimum atomic E-state index is 0.811. The highest BCUT2D eigenvalue weighted by atomic mass is 15.2. The summed E-state index contributed by atoms with van der Waals surface area (Å²) in [5, 5.41) is 3.55. The van der Waals surface area contributed by atoms with E-state index in [-0.39, 0.29) is 0 Å². The van der Waals surface area contributed by atoms with Gasteiger partial charge in [-0.05, 0) is 36.9 Å². The predicted octanol–water partition coefficient (Wildman–Crippen LogP) is 2.29. The normalized spacial score (nSPS) is 30.7. The molecule has 3 aliphatic rings. The number of anilines is 1. The van der Waals surface area contributed by atoms with Gasteiger partial charge in [0, 0.05) is 30.7 Å². The van der Waals surface area contributed by atoms with E-state index in [9.17, 15) is 0 Å². The topological polar surface area (TPSA) is 15.3 Å². The van der Waals surface area contributed by atoms with Crippen LogP contribution in [-0.4, -0.2) is 25.7 Å². The molecule has 1 aromatic rings. The van der Waals surface area contributed by atoms with Crippen LogP contribution in [0, 0.1) is 0 Å². The Hall–Kier alpha value is -1.02. The van der Waals surface area contributed by atoms with Gasteiger partial charge in [-0.25, -0.2) is 0 Å². The Kier molecular flexibility index (Phi) is 2.19. The Bertz CT molecular complexity index is 441. The molecule has 0 aromatic heterocycles. The number of rotatable bonds is 0. The lowest BCUT2D eigenvalue weighted by molar-refractivity contribution is 0.561. The fourth-order valence-electron chi connectivity index (χ4n) is 4.13. The van der Waals surface area contributed by atoms with Crippen molar-refractivity contribution in [2.45, 2.75) is 37.6 Å². The number of para-hydroxylation sites is 1. The van der Waals surface area contributed by atoms with Crippen molar-refractivity contribution in [1.29, 1.82) is 0 Å². The molecular weight excluding hydrogens is 208 g/mol. The van der Waals surface area contributed by atoms with Gasteiger partial charge in [0.15, 0.2) is 0 Å². The largest absolute Gasteiger partial charge is 0.366 e. The van der Waals surface area contributed by atoms with E-state index in [0.29, 0.717) is 0 Å². The molecule has 1 fully saturated rings. The first-order valence-electron chi connectivity index (χ1n) is 7.04. The van der Waals surface area contributed by atoms with Gasteiger partial charge in [-0.1, -0.05) is 24.6 Å². The molecule has 1 saturated carbocycles. The second-order valence-corrected chi connectivity index (χ2v) is 5.65. The first-order valence-corrected chi connectivity index (χ1v) is 7.04. The lowest BCUT2D eigenvalue weighted by Gasteiger charge is -2.30. The van der Waals surface area contributed by atoms with Crippen LogP contribution in [0.3, 0.4) is 0 Å². The van der Waals surface area contributed by atoms with Gasteiger partial charge in [-0.2, -0.15) is 0 Å². The zero-order valence-corrected chi connectivity index (χ0v) is 10.3. The van der Waals surface area contributed by atoms with Crippen LogP contribution in [0.25, 0.3) is 0 Å². The zero-order valence-electron chi connectivity index (χ0n) is 10.3. The Balaban J connectivity index is 1.87. The molecule has 2 heterocycles. The summed E-state index contributed by atoms with van der Waals surface area (Å²) in [6.07, 6.45) is 5.42. The third-order valence-electron chi connectivity index (χ3n) is 4.82. The summed E-state index contributed by atoms with van der Waals surface area (Å²) < 4.78 is 0. The fourth-order valence-corrected chi connectivity index (χ4v) is 4.13. The van der Waals surface area contributed by atoms with Crippen LogP contribution in [0.15, 0.2) is 18.2 Å². The zero-order chi connectivity index (χ0) is 11.2. The van der Waals surface area contributed by atoms with Gasteiger partial charge in [0.2, 0.25) is 0 Å². The predicted molar refractivity (Wildman–Crippen MR) is 70.7 cm³/mol. The number of benzene rings is 1. The third kappa shape index (κ3) is 1.37. The van der Waals surface area contributed by atoms with Crippen molar-refractivity contribution >= 4 is 5.69 Å². The molecule has 1 N–H and O–H groups in total. The molecule has 0 saturated heterocycles. The van der Waals surface area contributed by atoms with Crippen molar-refractivity contribution in [1.82, 2.24) is 5.32 Å².